The van der Waals surface area contributed by atoms with E-state index in [9.17, 15) is 4.79 Å². The fourth-order valence-corrected chi connectivity index (χ4v) is 5.06. The van der Waals surface area contributed by atoms with Crippen molar-refractivity contribution in [2.45, 2.75) is 18.8 Å². The monoisotopic (exact) mass is 400 g/mol. The molecule has 2 aliphatic rings. The highest BCUT2D eigenvalue weighted by Gasteiger charge is 2.29. The lowest BCUT2D eigenvalue weighted by molar-refractivity contribution is 0.0706. The van der Waals surface area contributed by atoms with Crippen LogP contribution in [0.1, 0.15) is 34.1 Å². The van der Waals surface area contributed by atoms with Crippen LogP contribution >= 0.6 is 22.9 Å². The van der Waals surface area contributed by atoms with E-state index in [1.54, 1.807) is 23.5 Å². The summed E-state index contributed by atoms with van der Waals surface area (Å²) in [5.74, 6) is 1.29. The lowest BCUT2D eigenvalue weighted by Gasteiger charge is -2.32. The van der Waals surface area contributed by atoms with Crippen LogP contribution in [0.5, 0.6) is 11.5 Å². The SMILES string of the molecule is O=C(c1cc(Cl)c2c(c1)OCO2)N1CCC[C@@H](c2nc3ccccc3s2)C1. The molecule has 5 rings (SSSR count). The van der Waals surface area contributed by atoms with Gasteiger partial charge in [0.25, 0.3) is 5.91 Å². The third-order valence-corrected chi connectivity index (χ3v) is 6.52. The Kier molecular flexibility index (Phi) is 4.17. The highest BCUT2D eigenvalue weighted by Crippen LogP contribution is 2.40. The molecule has 0 N–H and O–H groups in total. The molecular weight excluding hydrogens is 384 g/mol. The van der Waals surface area contributed by atoms with Gasteiger partial charge in [-0.15, -0.1) is 11.3 Å². The minimum Gasteiger partial charge on any atom is -0.454 e. The van der Waals surface area contributed by atoms with Gasteiger partial charge in [0.2, 0.25) is 6.79 Å². The third kappa shape index (κ3) is 3.03. The number of nitrogens with zero attached hydrogens (tertiary/aromatic N) is 2. The van der Waals surface area contributed by atoms with Crippen LogP contribution in [0.2, 0.25) is 5.02 Å². The molecule has 0 bridgehead atoms. The van der Waals surface area contributed by atoms with Crippen molar-refractivity contribution >= 4 is 39.1 Å². The zero-order chi connectivity index (χ0) is 18.4. The molecule has 2 aromatic carbocycles. The number of benzene rings is 2. The summed E-state index contributed by atoms with van der Waals surface area (Å²) in [6, 6.07) is 11.6. The molecular formula is C20H17ClN2O3S. The van der Waals surface area contributed by atoms with Gasteiger partial charge in [-0.3, -0.25) is 4.79 Å². The van der Waals surface area contributed by atoms with Crippen LogP contribution in [-0.4, -0.2) is 35.7 Å². The standard InChI is InChI=1S/C20H17ClN2O3S/c21-14-8-13(9-16-18(14)26-11-25-16)20(24)23-7-3-4-12(10-23)19-22-15-5-1-2-6-17(15)27-19/h1-2,5-6,8-9,12H,3-4,7,10-11H2/t12-/m1/s1. The van der Waals surface area contributed by atoms with Crippen molar-refractivity contribution in [2.24, 2.45) is 0 Å². The fraction of sp³-hybridized carbons (Fsp3) is 0.300. The largest absolute Gasteiger partial charge is 0.454 e. The number of hydrogen-bond donors (Lipinski definition) is 0. The first-order chi connectivity index (χ1) is 13.2. The third-order valence-electron chi connectivity index (χ3n) is 5.04. The Hall–Kier alpha value is -2.31. The van der Waals surface area contributed by atoms with E-state index in [2.05, 4.69) is 6.07 Å². The number of likely N-dealkylation sites (tertiary alicyclic amines) is 1. The fourth-order valence-electron chi connectivity index (χ4n) is 3.70. The van der Waals surface area contributed by atoms with E-state index in [4.69, 9.17) is 26.1 Å². The number of halogens is 1. The van der Waals surface area contributed by atoms with Crippen molar-refractivity contribution in [3.63, 3.8) is 0 Å². The zero-order valence-electron chi connectivity index (χ0n) is 14.5. The van der Waals surface area contributed by atoms with Crippen LogP contribution in [-0.2, 0) is 0 Å². The van der Waals surface area contributed by atoms with Crippen molar-refractivity contribution in [3.05, 3.63) is 52.0 Å². The molecule has 27 heavy (non-hydrogen) atoms. The van der Waals surface area contributed by atoms with Crippen molar-refractivity contribution in [2.75, 3.05) is 19.9 Å². The molecule has 7 heteroatoms. The van der Waals surface area contributed by atoms with E-state index in [1.807, 2.05) is 23.1 Å². The van der Waals surface area contributed by atoms with Gasteiger partial charge in [-0.25, -0.2) is 4.98 Å². The number of carbonyl (C=O) groups excluding carboxylic acids is 1. The van der Waals surface area contributed by atoms with Gasteiger partial charge in [-0.2, -0.15) is 0 Å². The maximum atomic E-state index is 13.1. The molecule has 0 unspecified atom stereocenters. The second kappa shape index (κ2) is 6.69. The van der Waals surface area contributed by atoms with Gasteiger partial charge < -0.3 is 14.4 Å². The molecule has 138 valence electrons. The molecule has 5 nitrogen and oxygen atoms in total. The Morgan fingerprint density at radius 1 is 1.26 bits per heavy atom. The molecule has 3 heterocycles. The number of carbonyl (C=O) groups is 1. The van der Waals surface area contributed by atoms with Gasteiger partial charge in [0.15, 0.2) is 11.5 Å². The minimum atomic E-state index is -0.0268. The van der Waals surface area contributed by atoms with Gasteiger partial charge in [-0.1, -0.05) is 23.7 Å². The van der Waals surface area contributed by atoms with E-state index < -0.39 is 0 Å². The van der Waals surface area contributed by atoms with Crippen molar-refractivity contribution in [1.82, 2.24) is 9.88 Å². The number of fused-ring (bicyclic) bond motifs is 2. The van der Waals surface area contributed by atoms with Crippen LogP contribution in [0.15, 0.2) is 36.4 Å². The Morgan fingerprint density at radius 3 is 3.04 bits per heavy atom. The zero-order valence-corrected chi connectivity index (χ0v) is 16.1. The second-order valence-electron chi connectivity index (χ2n) is 6.80. The van der Waals surface area contributed by atoms with Gasteiger partial charge >= 0.3 is 0 Å². The maximum Gasteiger partial charge on any atom is 0.254 e. The number of para-hydroxylation sites is 1. The van der Waals surface area contributed by atoms with E-state index >= 15 is 0 Å². The number of hydrogen-bond acceptors (Lipinski definition) is 5. The van der Waals surface area contributed by atoms with Gasteiger partial charge in [-0.05, 0) is 37.1 Å². The number of piperidine rings is 1. The molecule has 0 spiro atoms. The maximum absolute atomic E-state index is 13.1. The van der Waals surface area contributed by atoms with Crippen molar-refractivity contribution in [1.29, 1.82) is 0 Å². The van der Waals surface area contributed by atoms with Crippen molar-refractivity contribution in [3.8, 4) is 11.5 Å². The molecule has 1 aromatic heterocycles. The average molecular weight is 401 g/mol. The first-order valence-electron chi connectivity index (χ1n) is 8.93. The lowest BCUT2D eigenvalue weighted by Crippen LogP contribution is -2.39. The lowest BCUT2D eigenvalue weighted by atomic mass is 9.98. The Balaban J connectivity index is 1.39. The number of aromatic nitrogens is 1. The highest BCUT2D eigenvalue weighted by molar-refractivity contribution is 7.18. The van der Waals surface area contributed by atoms with Crippen LogP contribution in [0.4, 0.5) is 0 Å². The van der Waals surface area contributed by atoms with Crippen LogP contribution in [0.25, 0.3) is 10.2 Å². The topological polar surface area (TPSA) is 51.7 Å². The molecule has 2 aliphatic heterocycles. The summed E-state index contributed by atoms with van der Waals surface area (Å²) in [7, 11) is 0. The smallest absolute Gasteiger partial charge is 0.254 e. The van der Waals surface area contributed by atoms with Crippen molar-refractivity contribution < 1.29 is 14.3 Å². The van der Waals surface area contributed by atoms with Gasteiger partial charge in [0.1, 0.15) is 0 Å². The first kappa shape index (κ1) is 16.8. The predicted molar refractivity (Wildman–Crippen MR) is 105 cm³/mol. The summed E-state index contributed by atoms with van der Waals surface area (Å²) in [5, 5.41) is 1.52. The number of ether oxygens (including phenoxy) is 2. The number of amides is 1. The molecule has 0 aliphatic carbocycles. The quantitative estimate of drug-likeness (QED) is 0.625. The van der Waals surface area contributed by atoms with E-state index in [0.29, 0.717) is 28.6 Å². The van der Waals surface area contributed by atoms with E-state index in [1.165, 1.54) is 4.70 Å². The predicted octanol–water partition coefficient (Wildman–Crippen LogP) is 4.70. The summed E-state index contributed by atoms with van der Waals surface area (Å²) in [6.45, 7) is 1.55. The van der Waals surface area contributed by atoms with E-state index in [0.717, 1.165) is 29.9 Å². The second-order valence-corrected chi connectivity index (χ2v) is 8.27. The van der Waals surface area contributed by atoms with Crippen LogP contribution in [0, 0.1) is 0 Å². The first-order valence-corrected chi connectivity index (χ1v) is 10.1. The molecule has 3 aromatic rings. The Labute approximate surface area is 165 Å². The van der Waals surface area contributed by atoms with Crippen LogP contribution in [0.3, 0.4) is 0 Å². The molecule has 1 amide bonds. The Bertz CT molecular complexity index is 1000. The molecule has 1 fully saturated rings. The molecule has 1 saturated heterocycles. The molecule has 1 atom stereocenters. The minimum absolute atomic E-state index is 0.0268. The summed E-state index contributed by atoms with van der Waals surface area (Å²) < 4.78 is 11.9. The summed E-state index contributed by atoms with van der Waals surface area (Å²) in [5.41, 5.74) is 1.57. The summed E-state index contributed by atoms with van der Waals surface area (Å²) in [4.78, 5) is 19.7. The summed E-state index contributed by atoms with van der Waals surface area (Å²) in [6.07, 6.45) is 2.01. The Morgan fingerprint density at radius 2 is 2.15 bits per heavy atom. The normalized spacial score (nSPS) is 18.9. The van der Waals surface area contributed by atoms with Gasteiger partial charge in [0.05, 0.1) is 20.2 Å². The average Bonchev–Trinajstić information content (AvgIpc) is 3.34. The summed E-state index contributed by atoms with van der Waals surface area (Å²) >= 11 is 7.97. The molecule has 0 radical (unpaired) electrons. The highest BCUT2D eigenvalue weighted by atomic mass is 35.5. The number of rotatable bonds is 2. The molecule has 0 saturated carbocycles. The van der Waals surface area contributed by atoms with Gasteiger partial charge in [0, 0.05) is 24.6 Å². The van der Waals surface area contributed by atoms with E-state index in [-0.39, 0.29) is 18.6 Å². The number of thiazole rings is 1. The van der Waals surface area contributed by atoms with Crippen LogP contribution < -0.4 is 9.47 Å².